The van der Waals surface area contributed by atoms with Crippen LogP contribution in [0.4, 0.5) is 8.78 Å². The summed E-state index contributed by atoms with van der Waals surface area (Å²) < 4.78 is 23.8. The second-order valence-corrected chi connectivity index (χ2v) is 3.06. The van der Waals surface area contributed by atoms with Crippen LogP contribution in [0, 0.1) is 0 Å². The second kappa shape index (κ2) is 6.67. The van der Waals surface area contributed by atoms with Gasteiger partial charge in [0.05, 0.1) is 6.54 Å². The number of carbonyl (C=O) groups is 1. The number of carboxylic acid groups (broad SMARTS) is 1. The number of rotatable bonds is 7. The van der Waals surface area contributed by atoms with Crippen LogP contribution in [-0.4, -0.2) is 55.1 Å². The largest absolute Gasteiger partial charge is 0.480 e. The molecule has 4 nitrogen and oxygen atoms in total. The van der Waals surface area contributed by atoms with Gasteiger partial charge in [0.2, 0.25) is 0 Å². The first-order valence-corrected chi connectivity index (χ1v) is 4.40. The topological polar surface area (TPSA) is 52.6 Å². The summed E-state index contributed by atoms with van der Waals surface area (Å²) in [6.07, 6.45) is -2.43. The van der Waals surface area contributed by atoms with Crippen molar-refractivity contribution in [2.24, 2.45) is 0 Å². The molecule has 1 atom stereocenters. The molecular weight excluding hydrogens is 194 g/mol. The van der Waals surface area contributed by atoms with Gasteiger partial charge in [0, 0.05) is 6.54 Å². The molecule has 0 aliphatic carbocycles. The van der Waals surface area contributed by atoms with Gasteiger partial charge in [0.25, 0.3) is 6.43 Å². The van der Waals surface area contributed by atoms with Crippen molar-refractivity contribution in [2.45, 2.75) is 19.4 Å². The van der Waals surface area contributed by atoms with E-state index in [0.29, 0.717) is 6.54 Å². The van der Waals surface area contributed by atoms with Crippen LogP contribution in [0.2, 0.25) is 0 Å². The van der Waals surface area contributed by atoms with E-state index in [4.69, 9.17) is 5.11 Å². The van der Waals surface area contributed by atoms with E-state index in [1.54, 1.807) is 6.92 Å². The summed E-state index contributed by atoms with van der Waals surface area (Å²) in [5.74, 6) is -1.02. The summed E-state index contributed by atoms with van der Waals surface area (Å²) in [6.45, 7) is 1.94. The first-order valence-electron chi connectivity index (χ1n) is 4.40. The Hall–Kier alpha value is -0.750. The number of aliphatic carboxylic acids is 1. The number of likely N-dealkylation sites (N-methyl/N-ethyl adjacent to an activating group) is 2. The summed E-state index contributed by atoms with van der Waals surface area (Å²) >= 11 is 0. The minimum atomic E-state index is -2.43. The van der Waals surface area contributed by atoms with E-state index in [0.717, 1.165) is 0 Å². The molecule has 14 heavy (non-hydrogen) atoms. The number of nitrogens with one attached hydrogen (secondary N) is 1. The van der Waals surface area contributed by atoms with E-state index in [2.05, 4.69) is 5.32 Å². The minimum absolute atomic E-state index is 0.0769. The molecule has 0 rings (SSSR count). The molecule has 84 valence electrons. The van der Waals surface area contributed by atoms with Gasteiger partial charge in [-0.15, -0.1) is 0 Å². The lowest BCUT2D eigenvalue weighted by Crippen LogP contribution is -2.45. The Morgan fingerprint density at radius 2 is 2.07 bits per heavy atom. The van der Waals surface area contributed by atoms with Gasteiger partial charge >= 0.3 is 5.97 Å². The third-order valence-corrected chi connectivity index (χ3v) is 1.69. The molecule has 0 aromatic carbocycles. The Labute approximate surface area is 81.9 Å². The third kappa shape index (κ3) is 5.82. The highest BCUT2D eigenvalue weighted by molar-refractivity contribution is 5.73. The normalized spacial score (nSPS) is 13.6. The van der Waals surface area contributed by atoms with Crippen LogP contribution in [0.3, 0.4) is 0 Å². The third-order valence-electron chi connectivity index (χ3n) is 1.69. The molecule has 0 amide bonds. The van der Waals surface area contributed by atoms with Gasteiger partial charge < -0.3 is 10.4 Å². The van der Waals surface area contributed by atoms with Crippen LogP contribution in [0.25, 0.3) is 0 Å². The second-order valence-electron chi connectivity index (χ2n) is 3.06. The van der Waals surface area contributed by atoms with Crippen molar-refractivity contribution in [1.29, 1.82) is 0 Å². The quantitative estimate of drug-likeness (QED) is 0.632. The molecule has 0 aliphatic heterocycles. The first-order chi connectivity index (χ1) is 6.47. The molecule has 0 saturated carbocycles. The summed E-state index contributed by atoms with van der Waals surface area (Å²) in [7, 11) is 1.47. The van der Waals surface area contributed by atoms with Crippen LogP contribution < -0.4 is 5.32 Å². The summed E-state index contributed by atoms with van der Waals surface area (Å²) in [5, 5.41) is 11.4. The predicted octanol–water partition coefficient (Wildman–Crippen LogP) is 0.246. The average Bonchev–Trinajstić information content (AvgIpc) is 2.01. The van der Waals surface area contributed by atoms with E-state index in [1.165, 1.54) is 11.9 Å². The van der Waals surface area contributed by atoms with Gasteiger partial charge in [-0.05, 0) is 13.6 Å². The number of alkyl halides is 2. The number of hydrogen-bond donors (Lipinski definition) is 2. The number of halogens is 2. The van der Waals surface area contributed by atoms with Gasteiger partial charge in [-0.1, -0.05) is 6.92 Å². The number of nitrogens with zero attached hydrogens (tertiary/aromatic N) is 1. The van der Waals surface area contributed by atoms with Crippen molar-refractivity contribution in [2.75, 3.05) is 26.7 Å². The molecule has 2 N–H and O–H groups in total. The molecule has 0 aliphatic rings. The van der Waals surface area contributed by atoms with Crippen molar-refractivity contribution in [3.05, 3.63) is 0 Å². The standard InChI is InChI=1S/C8H16F2N2O2/c1-3-11-6(8(13)14)4-12(2)5-7(9)10/h6-7,11H,3-5H2,1-2H3,(H,13,14). The summed E-state index contributed by atoms with van der Waals surface area (Å²) in [4.78, 5) is 11.9. The van der Waals surface area contributed by atoms with Gasteiger partial charge in [-0.2, -0.15) is 0 Å². The lowest BCUT2D eigenvalue weighted by molar-refractivity contribution is -0.140. The Morgan fingerprint density at radius 3 is 2.43 bits per heavy atom. The van der Waals surface area contributed by atoms with E-state index in [9.17, 15) is 13.6 Å². The highest BCUT2D eigenvalue weighted by Crippen LogP contribution is 1.97. The van der Waals surface area contributed by atoms with Crippen molar-refractivity contribution >= 4 is 5.97 Å². The zero-order chi connectivity index (χ0) is 11.1. The molecule has 0 saturated heterocycles. The van der Waals surface area contributed by atoms with E-state index < -0.39 is 25.0 Å². The highest BCUT2D eigenvalue weighted by Gasteiger charge is 2.19. The lowest BCUT2D eigenvalue weighted by atomic mass is 10.2. The average molecular weight is 210 g/mol. The zero-order valence-electron chi connectivity index (χ0n) is 8.33. The van der Waals surface area contributed by atoms with Gasteiger partial charge in [0.1, 0.15) is 6.04 Å². The van der Waals surface area contributed by atoms with Crippen LogP contribution in [0.5, 0.6) is 0 Å². The van der Waals surface area contributed by atoms with Crippen LogP contribution in [0.15, 0.2) is 0 Å². The molecule has 1 unspecified atom stereocenters. The van der Waals surface area contributed by atoms with Gasteiger partial charge in [-0.25, -0.2) is 8.78 Å². The lowest BCUT2D eigenvalue weighted by Gasteiger charge is -2.21. The Kier molecular flexibility index (Phi) is 6.31. The minimum Gasteiger partial charge on any atom is -0.480 e. The predicted molar refractivity (Wildman–Crippen MR) is 48.6 cm³/mol. The molecule has 0 bridgehead atoms. The van der Waals surface area contributed by atoms with Crippen LogP contribution >= 0.6 is 0 Å². The number of carboxylic acids is 1. The van der Waals surface area contributed by atoms with Crippen molar-refractivity contribution in [1.82, 2.24) is 10.2 Å². The maximum Gasteiger partial charge on any atom is 0.322 e. The van der Waals surface area contributed by atoms with Crippen LogP contribution in [-0.2, 0) is 4.79 Å². The number of hydrogen-bond acceptors (Lipinski definition) is 3. The molecule has 0 fully saturated rings. The monoisotopic (exact) mass is 210 g/mol. The zero-order valence-corrected chi connectivity index (χ0v) is 8.33. The highest BCUT2D eigenvalue weighted by atomic mass is 19.3. The summed E-state index contributed by atoms with van der Waals surface area (Å²) in [5.41, 5.74) is 0. The van der Waals surface area contributed by atoms with E-state index in [-0.39, 0.29) is 6.54 Å². The van der Waals surface area contributed by atoms with Crippen molar-refractivity contribution in [3.63, 3.8) is 0 Å². The molecule has 0 radical (unpaired) electrons. The molecule has 0 aromatic rings. The first kappa shape index (κ1) is 13.2. The molecule has 0 aromatic heterocycles. The van der Waals surface area contributed by atoms with Crippen molar-refractivity contribution in [3.8, 4) is 0 Å². The molecule has 0 spiro atoms. The Balaban J connectivity index is 3.95. The smallest absolute Gasteiger partial charge is 0.322 e. The van der Waals surface area contributed by atoms with Gasteiger partial charge in [0.15, 0.2) is 0 Å². The van der Waals surface area contributed by atoms with E-state index in [1.807, 2.05) is 0 Å². The fourth-order valence-corrected chi connectivity index (χ4v) is 1.10. The Morgan fingerprint density at radius 1 is 1.50 bits per heavy atom. The Bertz CT molecular complexity index is 179. The van der Waals surface area contributed by atoms with Gasteiger partial charge in [-0.3, -0.25) is 9.69 Å². The van der Waals surface area contributed by atoms with Crippen LogP contribution in [0.1, 0.15) is 6.92 Å². The fourth-order valence-electron chi connectivity index (χ4n) is 1.10. The SMILES string of the molecule is CCNC(CN(C)CC(F)F)C(=O)O. The maximum absolute atomic E-state index is 11.9. The maximum atomic E-state index is 11.9. The molecule has 0 heterocycles. The molecule has 6 heteroatoms. The molecular formula is C8H16F2N2O2. The fraction of sp³-hybridized carbons (Fsp3) is 0.875. The van der Waals surface area contributed by atoms with E-state index >= 15 is 0 Å². The summed E-state index contributed by atoms with van der Waals surface area (Å²) in [6, 6.07) is -0.788. The van der Waals surface area contributed by atoms with Crippen molar-refractivity contribution < 1.29 is 18.7 Å².